The summed E-state index contributed by atoms with van der Waals surface area (Å²) in [6, 6.07) is 16.4. The van der Waals surface area contributed by atoms with Crippen LogP contribution in [0.4, 0.5) is 11.6 Å². The van der Waals surface area contributed by atoms with Gasteiger partial charge in [0, 0.05) is 49.5 Å². The predicted octanol–water partition coefficient (Wildman–Crippen LogP) is 3.66. The van der Waals surface area contributed by atoms with E-state index in [9.17, 15) is 0 Å². The largest absolute Gasteiger partial charge is 0.383 e. The summed E-state index contributed by atoms with van der Waals surface area (Å²) in [6.45, 7) is 5.89. The first-order valence-corrected chi connectivity index (χ1v) is 10.2. The minimum atomic E-state index is 0.488. The molecule has 1 aromatic carbocycles. The molecule has 150 valence electrons. The van der Waals surface area contributed by atoms with Crippen LogP contribution in [0, 0.1) is 6.92 Å². The lowest BCUT2D eigenvalue weighted by Crippen LogP contribution is -2.43. The second-order valence-corrected chi connectivity index (χ2v) is 7.62. The first-order valence-electron chi connectivity index (χ1n) is 10.2. The van der Waals surface area contributed by atoms with E-state index in [1.54, 1.807) is 0 Å². The van der Waals surface area contributed by atoms with Crippen LogP contribution >= 0.6 is 0 Å². The van der Waals surface area contributed by atoms with Crippen molar-refractivity contribution in [2.24, 2.45) is 0 Å². The fourth-order valence-corrected chi connectivity index (χ4v) is 4.08. The second kappa shape index (κ2) is 7.72. The van der Waals surface area contributed by atoms with Crippen molar-refractivity contribution < 1.29 is 0 Å². The third-order valence-corrected chi connectivity index (χ3v) is 5.57. The van der Waals surface area contributed by atoms with Crippen LogP contribution in [-0.2, 0) is 0 Å². The number of nitrogens with one attached hydrogen (secondary N) is 1. The molecule has 0 atom stereocenters. The summed E-state index contributed by atoms with van der Waals surface area (Å²) in [6.07, 6.45) is 3.67. The van der Waals surface area contributed by atoms with Crippen LogP contribution in [-0.4, -0.2) is 41.1 Å². The van der Waals surface area contributed by atoms with Gasteiger partial charge in [0.05, 0.1) is 17.0 Å². The van der Waals surface area contributed by atoms with Gasteiger partial charge in [-0.2, -0.15) is 0 Å². The molecule has 3 N–H and O–H groups in total. The normalized spacial score (nSPS) is 14.2. The Morgan fingerprint density at radius 3 is 2.50 bits per heavy atom. The highest BCUT2D eigenvalue weighted by Gasteiger charge is 2.18. The van der Waals surface area contributed by atoms with Crippen molar-refractivity contribution in [3.63, 3.8) is 0 Å². The molecule has 0 aliphatic carbocycles. The molecule has 0 saturated carbocycles. The van der Waals surface area contributed by atoms with E-state index in [0.29, 0.717) is 5.82 Å². The number of aryl methyl sites for hydroxylation is 1. The Hall–Kier alpha value is -3.51. The van der Waals surface area contributed by atoms with Gasteiger partial charge < -0.3 is 16.0 Å². The summed E-state index contributed by atoms with van der Waals surface area (Å²) >= 11 is 0. The van der Waals surface area contributed by atoms with E-state index >= 15 is 0 Å². The van der Waals surface area contributed by atoms with Crippen molar-refractivity contribution in [3.05, 3.63) is 66.5 Å². The van der Waals surface area contributed by atoms with E-state index in [1.165, 1.54) is 0 Å². The van der Waals surface area contributed by atoms with Gasteiger partial charge in [0.15, 0.2) is 0 Å². The van der Waals surface area contributed by atoms with Crippen molar-refractivity contribution in [1.82, 2.24) is 20.3 Å². The number of hydrogen-bond acceptors (Lipinski definition) is 6. The van der Waals surface area contributed by atoms with E-state index < -0.39 is 0 Å². The molecule has 3 aromatic heterocycles. The number of benzene rings is 1. The highest BCUT2D eigenvalue weighted by atomic mass is 15.2. The Kier molecular flexibility index (Phi) is 4.77. The number of rotatable bonds is 3. The van der Waals surface area contributed by atoms with E-state index in [-0.39, 0.29) is 0 Å². The number of nitrogens with zero attached hydrogens (tertiary/aromatic N) is 4. The fraction of sp³-hybridized carbons (Fsp3) is 0.208. The third kappa shape index (κ3) is 3.35. The quantitative estimate of drug-likeness (QED) is 0.550. The average Bonchev–Trinajstić information content (AvgIpc) is 2.79. The van der Waals surface area contributed by atoms with Crippen LogP contribution in [0.5, 0.6) is 0 Å². The van der Waals surface area contributed by atoms with Crippen LogP contribution in [0.25, 0.3) is 33.3 Å². The Morgan fingerprint density at radius 2 is 1.70 bits per heavy atom. The maximum Gasteiger partial charge on any atom is 0.134 e. The monoisotopic (exact) mass is 396 g/mol. The molecule has 1 aliphatic heterocycles. The fourth-order valence-electron chi connectivity index (χ4n) is 4.08. The average molecular weight is 396 g/mol. The lowest BCUT2D eigenvalue weighted by Gasteiger charge is -2.28. The SMILES string of the molecule is Cc1ccnc(-c2c(N)nc(-c3ccnc(N4CCNCC4)c3)c3ccccc23)c1. The van der Waals surface area contributed by atoms with Gasteiger partial charge in [-0.05, 0) is 42.1 Å². The highest BCUT2D eigenvalue weighted by molar-refractivity contribution is 6.06. The highest BCUT2D eigenvalue weighted by Crippen LogP contribution is 2.37. The zero-order valence-electron chi connectivity index (χ0n) is 17.0. The van der Waals surface area contributed by atoms with Gasteiger partial charge in [-0.3, -0.25) is 4.98 Å². The number of nitrogens with two attached hydrogens (primary N) is 1. The molecule has 0 radical (unpaired) electrons. The van der Waals surface area contributed by atoms with Gasteiger partial charge in [0.2, 0.25) is 0 Å². The van der Waals surface area contributed by atoms with Gasteiger partial charge in [-0.25, -0.2) is 9.97 Å². The summed E-state index contributed by atoms with van der Waals surface area (Å²) in [4.78, 5) is 16.3. The summed E-state index contributed by atoms with van der Waals surface area (Å²) in [5.74, 6) is 1.46. The van der Waals surface area contributed by atoms with Crippen molar-refractivity contribution in [2.45, 2.75) is 6.92 Å². The van der Waals surface area contributed by atoms with Gasteiger partial charge in [0.25, 0.3) is 0 Å². The van der Waals surface area contributed by atoms with Crippen LogP contribution in [0.3, 0.4) is 0 Å². The zero-order chi connectivity index (χ0) is 20.5. The number of fused-ring (bicyclic) bond motifs is 1. The first kappa shape index (κ1) is 18.5. The van der Waals surface area contributed by atoms with Crippen LogP contribution in [0.15, 0.2) is 60.9 Å². The van der Waals surface area contributed by atoms with Crippen molar-refractivity contribution in [1.29, 1.82) is 0 Å². The summed E-state index contributed by atoms with van der Waals surface area (Å²) in [5, 5.41) is 5.50. The number of piperazine rings is 1. The minimum absolute atomic E-state index is 0.488. The van der Waals surface area contributed by atoms with Gasteiger partial charge in [0.1, 0.15) is 11.6 Å². The molecule has 5 rings (SSSR count). The zero-order valence-corrected chi connectivity index (χ0v) is 17.0. The first-order chi connectivity index (χ1) is 14.7. The third-order valence-electron chi connectivity index (χ3n) is 5.57. The van der Waals surface area contributed by atoms with E-state index in [4.69, 9.17) is 10.7 Å². The molecule has 0 amide bonds. The molecule has 1 aliphatic rings. The van der Waals surface area contributed by atoms with Crippen molar-refractivity contribution >= 4 is 22.4 Å². The molecule has 1 saturated heterocycles. The van der Waals surface area contributed by atoms with Gasteiger partial charge in [-0.1, -0.05) is 24.3 Å². The van der Waals surface area contributed by atoms with Crippen molar-refractivity contribution in [3.8, 4) is 22.5 Å². The molecule has 4 aromatic rings. The van der Waals surface area contributed by atoms with E-state index in [0.717, 1.165) is 70.8 Å². The van der Waals surface area contributed by atoms with Crippen LogP contribution < -0.4 is 16.0 Å². The number of pyridine rings is 3. The molecule has 30 heavy (non-hydrogen) atoms. The lowest BCUT2D eigenvalue weighted by atomic mass is 9.98. The Labute approximate surface area is 175 Å². The maximum atomic E-state index is 6.50. The molecule has 6 nitrogen and oxygen atoms in total. The predicted molar refractivity (Wildman–Crippen MR) is 122 cm³/mol. The molecular weight excluding hydrogens is 372 g/mol. The lowest BCUT2D eigenvalue weighted by molar-refractivity contribution is 0.585. The summed E-state index contributed by atoms with van der Waals surface area (Å²) < 4.78 is 0. The molecule has 0 bridgehead atoms. The topological polar surface area (TPSA) is 80.0 Å². The Bertz CT molecular complexity index is 1210. The van der Waals surface area contributed by atoms with E-state index in [1.807, 2.05) is 36.7 Å². The standard InChI is InChI=1S/C24H24N6/c1-16-6-8-27-20(14-16)22-18-4-2-3-5-19(18)23(29-24(22)25)17-7-9-28-21(15-17)30-12-10-26-11-13-30/h2-9,14-15,26H,10-13H2,1H3,(H2,25,29). The molecule has 4 heterocycles. The smallest absolute Gasteiger partial charge is 0.134 e. The Balaban J connectivity index is 1.67. The molecule has 0 unspecified atom stereocenters. The van der Waals surface area contributed by atoms with Crippen LogP contribution in [0.1, 0.15) is 5.56 Å². The van der Waals surface area contributed by atoms with Crippen LogP contribution in [0.2, 0.25) is 0 Å². The maximum absolute atomic E-state index is 6.50. The van der Waals surface area contributed by atoms with E-state index in [2.05, 4.69) is 51.4 Å². The molecule has 1 fully saturated rings. The molecule has 6 heteroatoms. The summed E-state index contributed by atoms with van der Waals surface area (Å²) in [5.41, 5.74) is 11.3. The number of hydrogen-bond donors (Lipinski definition) is 2. The summed E-state index contributed by atoms with van der Waals surface area (Å²) in [7, 11) is 0. The van der Waals surface area contributed by atoms with Gasteiger partial charge >= 0.3 is 0 Å². The number of anilines is 2. The number of aromatic nitrogens is 3. The second-order valence-electron chi connectivity index (χ2n) is 7.62. The van der Waals surface area contributed by atoms with Gasteiger partial charge in [-0.15, -0.1) is 0 Å². The molecule has 0 spiro atoms. The molecular formula is C24H24N6. The Morgan fingerprint density at radius 1 is 0.933 bits per heavy atom. The van der Waals surface area contributed by atoms with Crippen molar-refractivity contribution in [2.75, 3.05) is 36.8 Å². The minimum Gasteiger partial charge on any atom is -0.383 e. The number of nitrogen functional groups attached to an aromatic ring is 1.